The maximum Gasteiger partial charge on any atom is 0.0528 e. The summed E-state index contributed by atoms with van der Waals surface area (Å²) in [6.07, 6.45) is 0. The van der Waals surface area contributed by atoms with Crippen molar-refractivity contribution in [2.24, 2.45) is 5.73 Å². The van der Waals surface area contributed by atoms with Gasteiger partial charge in [0, 0.05) is 11.0 Å². The van der Waals surface area contributed by atoms with Crippen molar-refractivity contribution in [1.29, 1.82) is 0 Å². The van der Waals surface area contributed by atoms with Crippen molar-refractivity contribution in [1.82, 2.24) is 5.32 Å². The first-order valence-corrected chi connectivity index (χ1v) is 5.07. The Kier molecular flexibility index (Phi) is 3.47. The van der Waals surface area contributed by atoms with Gasteiger partial charge in [0.1, 0.15) is 0 Å². The molecule has 0 radical (unpaired) electrons. The molecule has 1 aromatic carbocycles. The van der Waals surface area contributed by atoms with E-state index in [4.69, 9.17) is 5.73 Å². The quantitative estimate of drug-likeness (QED) is 0.850. The van der Waals surface area contributed by atoms with Crippen LogP contribution < -0.4 is 11.1 Å². The van der Waals surface area contributed by atoms with E-state index >= 15 is 0 Å². The minimum absolute atomic E-state index is 0.135. The van der Waals surface area contributed by atoms with Gasteiger partial charge in [-0.3, -0.25) is 0 Å². The highest BCUT2D eigenvalue weighted by molar-refractivity contribution is 9.10. The third-order valence-corrected chi connectivity index (χ3v) is 2.92. The number of hydrogen-bond acceptors (Lipinski definition) is 2. The van der Waals surface area contributed by atoms with Gasteiger partial charge in [0.05, 0.1) is 5.54 Å². The van der Waals surface area contributed by atoms with E-state index in [1.165, 1.54) is 5.56 Å². The first kappa shape index (κ1) is 10.7. The fraction of sp³-hybridized carbons (Fsp3) is 0.400. The minimum atomic E-state index is -0.135. The van der Waals surface area contributed by atoms with Crippen molar-refractivity contribution >= 4 is 15.9 Å². The van der Waals surface area contributed by atoms with E-state index < -0.39 is 0 Å². The van der Waals surface area contributed by atoms with Crippen molar-refractivity contribution in [3.63, 3.8) is 0 Å². The smallest absolute Gasteiger partial charge is 0.0528 e. The Morgan fingerprint density at radius 2 is 2.23 bits per heavy atom. The monoisotopic (exact) mass is 242 g/mol. The molecule has 0 aliphatic carbocycles. The molecular formula is C10H15BrN2. The average molecular weight is 243 g/mol. The SMILES string of the molecule is CNC(C)(CN)c1cccc(Br)c1. The van der Waals surface area contributed by atoms with Crippen LogP contribution in [-0.2, 0) is 5.54 Å². The van der Waals surface area contributed by atoms with Gasteiger partial charge in [-0.05, 0) is 31.7 Å². The fourth-order valence-electron chi connectivity index (χ4n) is 1.20. The summed E-state index contributed by atoms with van der Waals surface area (Å²) in [5, 5.41) is 3.23. The highest BCUT2D eigenvalue weighted by Crippen LogP contribution is 2.22. The summed E-state index contributed by atoms with van der Waals surface area (Å²) in [5.74, 6) is 0. The van der Waals surface area contributed by atoms with E-state index in [1.54, 1.807) is 0 Å². The molecule has 0 amide bonds. The summed E-state index contributed by atoms with van der Waals surface area (Å²) < 4.78 is 1.08. The van der Waals surface area contributed by atoms with Gasteiger partial charge in [-0.25, -0.2) is 0 Å². The van der Waals surface area contributed by atoms with Gasteiger partial charge in [-0.2, -0.15) is 0 Å². The molecule has 1 aromatic rings. The lowest BCUT2D eigenvalue weighted by Gasteiger charge is -2.28. The number of nitrogens with two attached hydrogens (primary N) is 1. The summed E-state index contributed by atoms with van der Waals surface area (Å²) in [5.41, 5.74) is 6.79. The van der Waals surface area contributed by atoms with E-state index in [0.29, 0.717) is 6.54 Å². The average Bonchev–Trinajstić information content (AvgIpc) is 2.17. The van der Waals surface area contributed by atoms with Gasteiger partial charge < -0.3 is 11.1 Å². The number of benzene rings is 1. The van der Waals surface area contributed by atoms with E-state index in [0.717, 1.165) is 4.47 Å². The lowest BCUT2D eigenvalue weighted by molar-refractivity contribution is 0.411. The molecule has 0 fully saturated rings. The largest absolute Gasteiger partial charge is 0.328 e. The van der Waals surface area contributed by atoms with Gasteiger partial charge in [0.15, 0.2) is 0 Å². The lowest BCUT2D eigenvalue weighted by Crippen LogP contribution is -2.43. The molecule has 0 aliphatic heterocycles. The Labute approximate surface area is 87.6 Å². The molecule has 0 bridgehead atoms. The minimum Gasteiger partial charge on any atom is -0.328 e. The molecule has 72 valence electrons. The molecule has 0 heterocycles. The molecule has 1 atom stereocenters. The maximum absolute atomic E-state index is 5.72. The van der Waals surface area contributed by atoms with Gasteiger partial charge in [-0.15, -0.1) is 0 Å². The van der Waals surface area contributed by atoms with E-state index in [-0.39, 0.29) is 5.54 Å². The molecule has 1 rings (SSSR count). The number of halogens is 1. The zero-order chi connectivity index (χ0) is 9.90. The number of nitrogens with one attached hydrogen (secondary N) is 1. The molecular weight excluding hydrogens is 228 g/mol. The second-order valence-electron chi connectivity index (χ2n) is 3.30. The molecule has 0 spiro atoms. The van der Waals surface area contributed by atoms with Crippen molar-refractivity contribution in [2.75, 3.05) is 13.6 Å². The summed E-state index contributed by atoms with van der Waals surface area (Å²) >= 11 is 3.44. The van der Waals surface area contributed by atoms with E-state index in [1.807, 2.05) is 19.2 Å². The zero-order valence-electron chi connectivity index (χ0n) is 7.97. The molecule has 0 saturated heterocycles. The number of rotatable bonds is 3. The summed E-state index contributed by atoms with van der Waals surface area (Å²) in [6, 6.07) is 8.19. The second-order valence-corrected chi connectivity index (χ2v) is 4.21. The summed E-state index contributed by atoms with van der Waals surface area (Å²) in [7, 11) is 1.92. The van der Waals surface area contributed by atoms with Crippen LogP contribution in [0.15, 0.2) is 28.7 Å². The van der Waals surface area contributed by atoms with Crippen LogP contribution in [0.2, 0.25) is 0 Å². The van der Waals surface area contributed by atoms with Crippen LogP contribution in [0.4, 0.5) is 0 Å². The topological polar surface area (TPSA) is 38.0 Å². The van der Waals surface area contributed by atoms with Gasteiger partial charge >= 0.3 is 0 Å². The number of hydrogen-bond donors (Lipinski definition) is 2. The van der Waals surface area contributed by atoms with E-state index in [9.17, 15) is 0 Å². The Morgan fingerprint density at radius 3 is 2.69 bits per heavy atom. The van der Waals surface area contributed by atoms with Gasteiger partial charge in [0.2, 0.25) is 0 Å². The highest BCUT2D eigenvalue weighted by atomic mass is 79.9. The van der Waals surface area contributed by atoms with Crippen LogP contribution in [0.25, 0.3) is 0 Å². The Bertz CT molecular complexity index is 282. The lowest BCUT2D eigenvalue weighted by atomic mass is 9.92. The fourth-order valence-corrected chi connectivity index (χ4v) is 1.60. The Balaban J connectivity index is 3.05. The predicted octanol–water partition coefficient (Wildman–Crippen LogP) is 1.84. The van der Waals surface area contributed by atoms with Gasteiger partial charge in [-0.1, -0.05) is 28.1 Å². The predicted molar refractivity (Wildman–Crippen MR) is 59.6 cm³/mol. The zero-order valence-corrected chi connectivity index (χ0v) is 9.56. The van der Waals surface area contributed by atoms with Gasteiger partial charge in [0.25, 0.3) is 0 Å². The van der Waals surface area contributed by atoms with Crippen LogP contribution in [0.3, 0.4) is 0 Å². The second kappa shape index (κ2) is 4.22. The molecule has 0 saturated carbocycles. The van der Waals surface area contributed by atoms with Crippen LogP contribution >= 0.6 is 15.9 Å². The molecule has 0 aliphatic rings. The molecule has 3 N–H and O–H groups in total. The van der Waals surface area contributed by atoms with Crippen molar-refractivity contribution in [3.05, 3.63) is 34.3 Å². The normalized spacial score (nSPS) is 15.4. The van der Waals surface area contributed by atoms with Crippen LogP contribution in [-0.4, -0.2) is 13.6 Å². The first-order chi connectivity index (χ1) is 6.12. The van der Waals surface area contributed by atoms with Crippen LogP contribution in [0.5, 0.6) is 0 Å². The third-order valence-electron chi connectivity index (χ3n) is 2.42. The van der Waals surface area contributed by atoms with E-state index in [2.05, 4.69) is 40.3 Å². The van der Waals surface area contributed by atoms with Crippen LogP contribution in [0.1, 0.15) is 12.5 Å². The Hall–Kier alpha value is -0.380. The highest BCUT2D eigenvalue weighted by Gasteiger charge is 2.22. The van der Waals surface area contributed by atoms with Crippen LogP contribution in [0, 0.1) is 0 Å². The maximum atomic E-state index is 5.72. The molecule has 3 heteroatoms. The molecule has 1 unspecified atom stereocenters. The standard InChI is InChI=1S/C10H15BrN2/c1-10(7-12,13-2)8-4-3-5-9(11)6-8/h3-6,13H,7,12H2,1-2H3. The third kappa shape index (κ3) is 2.30. The summed E-state index contributed by atoms with van der Waals surface area (Å²) in [6.45, 7) is 2.68. The Morgan fingerprint density at radius 1 is 1.54 bits per heavy atom. The first-order valence-electron chi connectivity index (χ1n) is 4.27. The van der Waals surface area contributed by atoms with Crippen molar-refractivity contribution in [3.8, 4) is 0 Å². The summed E-state index contributed by atoms with van der Waals surface area (Å²) in [4.78, 5) is 0. The molecule has 13 heavy (non-hydrogen) atoms. The van der Waals surface area contributed by atoms with Crippen molar-refractivity contribution < 1.29 is 0 Å². The molecule has 2 nitrogen and oxygen atoms in total. The molecule has 0 aromatic heterocycles. The number of likely N-dealkylation sites (N-methyl/N-ethyl adjacent to an activating group) is 1. The van der Waals surface area contributed by atoms with Crippen molar-refractivity contribution in [2.45, 2.75) is 12.5 Å².